The van der Waals surface area contributed by atoms with Crippen LogP contribution in [-0.4, -0.2) is 0 Å². The molecule has 0 unspecified atom stereocenters. The van der Waals surface area contributed by atoms with Crippen molar-refractivity contribution >= 4 is 44.0 Å². The smallest absolute Gasteiger partial charge is 0.0226 e. The fourth-order valence-corrected chi connectivity index (χ4v) is 2.26. The first-order valence-corrected chi connectivity index (χ1v) is 7.24. The maximum absolute atomic E-state index is 2.18. The van der Waals surface area contributed by atoms with E-state index in [-0.39, 0.29) is 24.8 Å². The van der Waals surface area contributed by atoms with Gasteiger partial charge in [0.15, 0.2) is 0 Å². The Hall–Kier alpha value is -0.550. The maximum Gasteiger partial charge on any atom is -0.0226 e. The maximum atomic E-state index is 2.18. The summed E-state index contributed by atoms with van der Waals surface area (Å²) in [6.45, 7) is 4.36. The van der Waals surface area contributed by atoms with Gasteiger partial charge in [-0.25, -0.2) is 0 Å². The average molecular weight is 317 g/mol. The molecule has 0 aliphatic rings. The SMILES string of the molecule is CCCC.Cl.Cl.c1ccc(Pc2ccccc2)cc1. The van der Waals surface area contributed by atoms with E-state index in [0.29, 0.717) is 0 Å². The second-order valence-electron chi connectivity index (χ2n) is 3.86. The van der Waals surface area contributed by atoms with Crippen LogP contribution in [0.1, 0.15) is 26.7 Å². The van der Waals surface area contributed by atoms with Crippen LogP contribution in [0.15, 0.2) is 60.7 Å². The second kappa shape index (κ2) is 13.9. The standard InChI is InChI=1S/C12H11P.C4H10.2ClH/c1-3-7-11(8-4-1)13-12-9-5-2-6-10-12;1-3-4-2;;/h1-10,13H;3-4H2,1-2H3;2*1H. The lowest BCUT2D eigenvalue weighted by molar-refractivity contribution is 0.886. The molecule has 0 nitrogen and oxygen atoms in total. The number of rotatable bonds is 3. The molecule has 0 N–H and O–H groups in total. The molecule has 0 atom stereocenters. The zero-order chi connectivity index (χ0) is 12.3. The number of halogens is 2. The molecule has 0 spiro atoms. The molecule has 0 saturated heterocycles. The van der Waals surface area contributed by atoms with Gasteiger partial charge in [0.05, 0.1) is 0 Å². The molecule has 0 fully saturated rings. The summed E-state index contributed by atoms with van der Waals surface area (Å²) in [6, 6.07) is 21.2. The normalized spacial score (nSPS) is 8.32. The predicted molar refractivity (Wildman–Crippen MR) is 95.5 cm³/mol. The Morgan fingerprint density at radius 2 is 0.947 bits per heavy atom. The van der Waals surface area contributed by atoms with Crippen molar-refractivity contribution in [2.24, 2.45) is 0 Å². The van der Waals surface area contributed by atoms with E-state index in [1.807, 2.05) is 0 Å². The summed E-state index contributed by atoms with van der Waals surface area (Å²) in [5.41, 5.74) is 0. The number of hydrogen-bond acceptors (Lipinski definition) is 0. The lowest BCUT2D eigenvalue weighted by Crippen LogP contribution is -2.01. The van der Waals surface area contributed by atoms with Crippen molar-refractivity contribution in [3.63, 3.8) is 0 Å². The summed E-state index contributed by atoms with van der Waals surface area (Å²) in [5, 5.41) is 2.79. The van der Waals surface area contributed by atoms with E-state index < -0.39 is 0 Å². The molecular formula is C16H23Cl2P. The molecule has 0 aliphatic heterocycles. The Morgan fingerprint density at radius 1 is 0.632 bits per heavy atom. The highest BCUT2D eigenvalue weighted by Crippen LogP contribution is 2.08. The highest BCUT2D eigenvalue weighted by molar-refractivity contribution is 7.55. The fraction of sp³-hybridized carbons (Fsp3) is 0.250. The number of hydrogen-bond donors (Lipinski definition) is 0. The van der Waals surface area contributed by atoms with E-state index >= 15 is 0 Å². The molecule has 0 amide bonds. The lowest BCUT2D eigenvalue weighted by Gasteiger charge is -2.00. The minimum atomic E-state index is 0. The summed E-state index contributed by atoms with van der Waals surface area (Å²) in [6.07, 6.45) is 2.64. The molecule has 19 heavy (non-hydrogen) atoms. The second-order valence-corrected chi connectivity index (χ2v) is 5.26. The van der Waals surface area contributed by atoms with Crippen molar-refractivity contribution in [3.05, 3.63) is 60.7 Å². The van der Waals surface area contributed by atoms with Gasteiger partial charge in [0.1, 0.15) is 0 Å². The average Bonchev–Trinajstić information content (AvgIpc) is 2.41. The van der Waals surface area contributed by atoms with Crippen LogP contribution in [0.5, 0.6) is 0 Å². The highest BCUT2D eigenvalue weighted by atomic mass is 35.5. The van der Waals surface area contributed by atoms with E-state index in [1.165, 1.54) is 23.5 Å². The van der Waals surface area contributed by atoms with Gasteiger partial charge in [0.25, 0.3) is 0 Å². The third kappa shape index (κ3) is 9.96. The van der Waals surface area contributed by atoms with Gasteiger partial charge >= 0.3 is 0 Å². The quantitative estimate of drug-likeness (QED) is 0.702. The molecule has 2 aromatic rings. The van der Waals surface area contributed by atoms with Crippen LogP contribution in [0.3, 0.4) is 0 Å². The van der Waals surface area contributed by atoms with Gasteiger partial charge in [-0.1, -0.05) is 95.9 Å². The zero-order valence-corrected chi connectivity index (χ0v) is 14.1. The van der Waals surface area contributed by atoms with Gasteiger partial charge in [-0.3, -0.25) is 0 Å². The number of benzene rings is 2. The van der Waals surface area contributed by atoms with Crippen molar-refractivity contribution in [2.45, 2.75) is 26.7 Å². The Labute approximate surface area is 131 Å². The minimum Gasteiger partial charge on any atom is -0.147 e. The Morgan fingerprint density at radius 3 is 1.21 bits per heavy atom. The number of unbranched alkanes of at least 4 members (excludes halogenated alkanes) is 1. The van der Waals surface area contributed by atoms with Crippen LogP contribution < -0.4 is 10.6 Å². The lowest BCUT2D eigenvalue weighted by atomic mass is 10.4. The zero-order valence-electron chi connectivity index (χ0n) is 11.5. The largest absolute Gasteiger partial charge is 0.147 e. The van der Waals surface area contributed by atoms with E-state index in [1.54, 1.807) is 0 Å². The summed E-state index contributed by atoms with van der Waals surface area (Å²) in [4.78, 5) is 0. The van der Waals surface area contributed by atoms with Crippen LogP contribution in [0.2, 0.25) is 0 Å². The summed E-state index contributed by atoms with van der Waals surface area (Å²) < 4.78 is 0. The van der Waals surface area contributed by atoms with Gasteiger partial charge in [-0.05, 0) is 10.6 Å². The van der Waals surface area contributed by atoms with Crippen LogP contribution in [0, 0.1) is 0 Å². The van der Waals surface area contributed by atoms with Gasteiger partial charge < -0.3 is 0 Å². The topological polar surface area (TPSA) is 0 Å². The van der Waals surface area contributed by atoms with Crippen LogP contribution in [0.4, 0.5) is 0 Å². The minimum absolute atomic E-state index is 0. The first kappa shape index (κ1) is 20.8. The Kier molecular flexibility index (Phi) is 15.2. The van der Waals surface area contributed by atoms with E-state index in [4.69, 9.17) is 0 Å². The van der Waals surface area contributed by atoms with Crippen LogP contribution in [0.25, 0.3) is 0 Å². The molecule has 2 aromatic carbocycles. The van der Waals surface area contributed by atoms with Crippen molar-refractivity contribution in [3.8, 4) is 0 Å². The monoisotopic (exact) mass is 316 g/mol. The first-order valence-electron chi connectivity index (χ1n) is 6.24. The molecule has 0 bridgehead atoms. The molecule has 2 rings (SSSR count). The third-order valence-electron chi connectivity index (χ3n) is 2.34. The summed E-state index contributed by atoms with van der Waals surface area (Å²) in [7, 11) is 0.777. The van der Waals surface area contributed by atoms with E-state index in [9.17, 15) is 0 Å². The summed E-state index contributed by atoms with van der Waals surface area (Å²) >= 11 is 0. The van der Waals surface area contributed by atoms with Crippen molar-refractivity contribution < 1.29 is 0 Å². The molecule has 106 valence electrons. The Balaban J connectivity index is 0. The van der Waals surface area contributed by atoms with Gasteiger partial charge in [0.2, 0.25) is 0 Å². The fourth-order valence-electron chi connectivity index (χ4n) is 1.21. The molecule has 3 heteroatoms. The van der Waals surface area contributed by atoms with Gasteiger partial charge in [-0.15, -0.1) is 24.8 Å². The van der Waals surface area contributed by atoms with Gasteiger partial charge in [-0.2, -0.15) is 0 Å². The molecule has 0 saturated carbocycles. The molecule has 0 aliphatic carbocycles. The Bertz CT molecular complexity index is 351. The van der Waals surface area contributed by atoms with Crippen LogP contribution in [-0.2, 0) is 0 Å². The molecular weight excluding hydrogens is 294 g/mol. The highest BCUT2D eigenvalue weighted by Gasteiger charge is 1.92. The van der Waals surface area contributed by atoms with Crippen molar-refractivity contribution in [2.75, 3.05) is 0 Å². The first-order chi connectivity index (χ1) is 8.36. The summed E-state index contributed by atoms with van der Waals surface area (Å²) in [5.74, 6) is 0. The molecule has 0 heterocycles. The molecule has 0 aromatic heterocycles. The van der Waals surface area contributed by atoms with E-state index in [2.05, 4.69) is 74.5 Å². The third-order valence-corrected chi connectivity index (χ3v) is 3.58. The van der Waals surface area contributed by atoms with Crippen molar-refractivity contribution in [1.29, 1.82) is 0 Å². The van der Waals surface area contributed by atoms with Gasteiger partial charge in [0, 0.05) is 0 Å². The predicted octanol–water partition coefficient (Wildman–Crippen LogP) is 4.97. The molecule has 0 radical (unpaired) electrons. The van der Waals surface area contributed by atoms with Crippen molar-refractivity contribution in [1.82, 2.24) is 0 Å². The van der Waals surface area contributed by atoms with Crippen LogP contribution >= 0.6 is 33.4 Å². The van der Waals surface area contributed by atoms with E-state index in [0.717, 1.165) is 8.58 Å².